The number of amides is 1. The molecule has 0 fully saturated rings. The molecule has 0 radical (unpaired) electrons. The van der Waals surface area contributed by atoms with Crippen molar-refractivity contribution in [1.29, 1.82) is 0 Å². The van der Waals surface area contributed by atoms with Crippen molar-refractivity contribution in [1.82, 2.24) is 15.5 Å². The molecule has 0 bridgehead atoms. The van der Waals surface area contributed by atoms with Crippen LogP contribution >= 0.6 is 0 Å². The van der Waals surface area contributed by atoms with Crippen molar-refractivity contribution < 1.29 is 18.7 Å². The third kappa shape index (κ3) is 3.66. The van der Waals surface area contributed by atoms with Gasteiger partial charge in [0.25, 0.3) is 5.91 Å². The number of methoxy groups -OCH3 is 2. The van der Waals surface area contributed by atoms with Crippen molar-refractivity contribution in [2.45, 2.75) is 13.0 Å². The van der Waals surface area contributed by atoms with Crippen LogP contribution in [0.4, 0.5) is 0 Å². The summed E-state index contributed by atoms with van der Waals surface area (Å²) in [4.78, 5) is 12.5. The molecule has 3 rings (SSSR count). The predicted molar refractivity (Wildman–Crippen MR) is 95.2 cm³/mol. The average molecular weight is 353 g/mol. The Labute approximate surface area is 151 Å². The highest BCUT2D eigenvalue weighted by Crippen LogP contribution is 2.29. The topological polar surface area (TPSA) is 86.5 Å². The van der Waals surface area contributed by atoms with E-state index in [1.54, 1.807) is 38.5 Å². The van der Waals surface area contributed by atoms with E-state index in [0.717, 1.165) is 11.1 Å². The molecule has 7 nitrogen and oxygen atoms in total. The molecule has 0 saturated carbocycles. The lowest BCUT2D eigenvalue weighted by Gasteiger charge is -2.18. The summed E-state index contributed by atoms with van der Waals surface area (Å²) in [6.07, 6.45) is 1.26. The fraction of sp³-hybridized carbons (Fsp3) is 0.211. The van der Waals surface area contributed by atoms with E-state index in [0.29, 0.717) is 23.0 Å². The van der Waals surface area contributed by atoms with Gasteiger partial charge in [-0.3, -0.25) is 4.79 Å². The molecule has 7 heteroatoms. The molecular formula is C19H19N3O4. The van der Waals surface area contributed by atoms with Gasteiger partial charge < -0.3 is 19.2 Å². The molecule has 0 spiro atoms. The van der Waals surface area contributed by atoms with Crippen molar-refractivity contribution in [3.8, 4) is 23.0 Å². The maximum absolute atomic E-state index is 12.5. The number of benzene rings is 2. The maximum atomic E-state index is 12.5. The second kappa shape index (κ2) is 7.69. The Morgan fingerprint density at radius 1 is 1.12 bits per heavy atom. The third-order valence-electron chi connectivity index (χ3n) is 4.01. The zero-order valence-electron chi connectivity index (χ0n) is 14.7. The molecule has 2 aromatic carbocycles. The van der Waals surface area contributed by atoms with Crippen LogP contribution in [0.25, 0.3) is 11.5 Å². The highest BCUT2D eigenvalue weighted by atomic mass is 16.5. The van der Waals surface area contributed by atoms with Gasteiger partial charge in [-0.15, -0.1) is 10.2 Å². The second-order valence-corrected chi connectivity index (χ2v) is 5.62. The first-order valence-electron chi connectivity index (χ1n) is 8.01. The second-order valence-electron chi connectivity index (χ2n) is 5.62. The SMILES string of the molecule is COc1ccc(OC)c([C@H](C)NC(=O)c2ccc(-c3nnco3)cc2)c1. The Hall–Kier alpha value is -3.35. The van der Waals surface area contributed by atoms with E-state index in [4.69, 9.17) is 13.9 Å². The summed E-state index contributed by atoms with van der Waals surface area (Å²) in [5.41, 5.74) is 2.12. The normalized spacial score (nSPS) is 11.7. The van der Waals surface area contributed by atoms with Gasteiger partial charge in [0.05, 0.1) is 20.3 Å². The first kappa shape index (κ1) is 17.5. The predicted octanol–water partition coefficient (Wildman–Crippen LogP) is 3.24. The Balaban J connectivity index is 1.75. The van der Waals surface area contributed by atoms with E-state index in [2.05, 4.69) is 15.5 Å². The van der Waals surface area contributed by atoms with E-state index in [1.807, 2.05) is 25.1 Å². The molecule has 1 amide bonds. The van der Waals surface area contributed by atoms with Crippen LogP contribution in [-0.2, 0) is 0 Å². The Bertz CT molecular complexity index is 876. The molecule has 0 aliphatic carbocycles. The van der Waals surface area contributed by atoms with Gasteiger partial charge in [-0.1, -0.05) is 0 Å². The van der Waals surface area contributed by atoms with Gasteiger partial charge in [-0.25, -0.2) is 0 Å². The number of nitrogens with zero attached hydrogens (tertiary/aromatic N) is 2. The van der Waals surface area contributed by atoms with Crippen molar-refractivity contribution in [2.24, 2.45) is 0 Å². The molecule has 134 valence electrons. The number of rotatable bonds is 6. The van der Waals surface area contributed by atoms with E-state index in [1.165, 1.54) is 6.39 Å². The zero-order chi connectivity index (χ0) is 18.5. The molecule has 1 aromatic heterocycles. The van der Waals surface area contributed by atoms with Crippen LogP contribution in [0.1, 0.15) is 28.9 Å². The van der Waals surface area contributed by atoms with Gasteiger partial charge in [0, 0.05) is 16.7 Å². The van der Waals surface area contributed by atoms with Gasteiger partial charge in [-0.05, 0) is 49.4 Å². The lowest BCUT2D eigenvalue weighted by Crippen LogP contribution is -2.26. The minimum absolute atomic E-state index is 0.195. The maximum Gasteiger partial charge on any atom is 0.251 e. The minimum Gasteiger partial charge on any atom is -0.497 e. The summed E-state index contributed by atoms with van der Waals surface area (Å²) in [6.45, 7) is 1.89. The molecule has 26 heavy (non-hydrogen) atoms. The largest absolute Gasteiger partial charge is 0.497 e. The van der Waals surface area contributed by atoms with Crippen LogP contribution in [0, 0.1) is 0 Å². The Morgan fingerprint density at radius 3 is 2.50 bits per heavy atom. The third-order valence-corrected chi connectivity index (χ3v) is 4.01. The molecule has 0 aliphatic heterocycles. The van der Waals surface area contributed by atoms with E-state index >= 15 is 0 Å². The summed E-state index contributed by atoms with van der Waals surface area (Å²) in [7, 11) is 3.19. The van der Waals surface area contributed by atoms with Crippen LogP contribution in [-0.4, -0.2) is 30.3 Å². The van der Waals surface area contributed by atoms with Crippen LogP contribution in [0.3, 0.4) is 0 Å². The van der Waals surface area contributed by atoms with Crippen molar-refractivity contribution >= 4 is 5.91 Å². The van der Waals surface area contributed by atoms with Gasteiger partial charge >= 0.3 is 0 Å². The zero-order valence-corrected chi connectivity index (χ0v) is 14.7. The molecule has 3 aromatic rings. The van der Waals surface area contributed by atoms with Crippen LogP contribution in [0.15, 0.2) is 53.3 Å². The van der Waals surface area contributed by atoms with Crippen LogP contribution < -0.4 is 14.8 Å². The molecule has 1 heterocycles. The number of nitrogens with one attached hydrogen (secondary N) is 1. The monoisotopic (exact) mass is 353 g/mol. The highest BCUT2D eigenvalue weighted by molar-refractivity contribution is 5.94. The lowest BCUT2D eigenvalue weighted by molar-refractivity contribution is 0.0939. The van der Waals surface area contributed by atoms with Crippen molar-refractivity contribution in [3.05, 3.63) is 60.0 Å². The van der Waals surface area contributed by atoms with Gasteiger partial charge in [-0.2, -0.15) is 0 Å². The van der Waals surface area contributed by atoms with Crippen LogP contribution in [0.2, 0.25) is 0 Å². The summed E-state index contributed by atoms with van der Waals surface area (Å²) in [5, 5.41) is 10.4. The summed E-state index contributed by atoms with van der Waals surface area (Å²) < 4.78 is 15.8. The quantitative estimate of drug-likeness (QED) is 0.732. The Morgan fingerprint density at radius 2 is 1.88 bits per heavy atom. The highest BCUT2D eigenvalue weighted by Gasteiger charge is 2.16. The smallest absolute Gasteiger partial charge is 0.251 e. The molecular weight excluding hydrogens is 334 g/mol. The number of carbonyl (C=O) groups excluding carboxylic acids is 1. The number of carbonyl (C=O) groups is 1. The first-order chi connectivity index (χ1) is 12.6. The van der Waals surface area contributed by atoms with Crippen LogP contribution in [0.5, 0.6) is 11.5 Å². The standard InChI is InChI=1S/C19H19N3O4/c1-12(16-10-15(24-2)8-9-17(16)25-3)21-18(23)13-4-6-14(7-5-13)19-22-20-11-26-19/h4-12H,1-3H3,(H,21,23)/t12-/m0/s1. The summed E-state index contributed by atoms with van der Waals surface area (Å²) >= 11 is 0. The van der Waals surface area contributed by atoms with Gasteiger partial charge in [0.15, 0.2) is 0 Å². The summed E-state index contributed by atoms with van der Waals surface area (Å²) in [6, 6.07) is 12.2. The number of ether oxygens (including phenoxy) is 2. The molecule has 1 atom stereocenters. The first-order valence-corrected chi connectivity index (χ1v) is 8.01. The van der Waals surface area contributed by atoms with Crippen molar-refractivity contribution in [2.75, 3.05) is 14.2 Å². The lowest BCUT2D eigenvalue weighted by atomic mass is 10.1. The van der Waals surface area contributed by atoms with E-state index in [-0.39, 0.29) is 11.9 Å². The molecule has 1 N–H and O–H groups in total. The number of hydrogen-bond acceptors (Lipinski definition) is 6. The fourth-order valence-corrected chi connectivity index (χ4v) is 2.60. The number of hydrogen-bond donors (Lipinski definition) is 1. The molecule has 0 saturated heterocycles. The van der Waals surface area contributed by atoms with E-state index < -0.39 is 0 Å². The van der Waals surface area contributed by atoms with Gasteiger partial charge in [0.1, 0.15) is 11.5 Å². The number of aromatic nitrogens is 2. The van der Waals surface area contributed by atoms with Gasteiger partial charge in [0.2, 0.25) is 12.3 Å². The van der Waals surface area contributed by atoms with E-state index in [9.17, 15) is 4.79 Å². The fourth-order valence-electron chi connectivity index (χ4n) is 2.60. The van der Waals surface area contributed by atoms with Crippen molar-refractivity contribution in [3.63, 3.8) is 0 Å². The minimum atomic E-state index is -0.261. The Kier molecular flexibility index (Phi) is 5.17. The molecule has 0 unspecified atom stereocenters. The average Bonchev–Trinajstić information content (AvgIpc) is 3.22. The molecule has 0 aliphatic rings. The summed E-state index contributed by atoms with van der Waals surface area (Å²) in [5.74, 6) is 1.60.